The zero-order chi connectivity index (χ0) is 18.8. The molecule has 1 aromatic heterocycles. The molecule has 142 valence electrons. The topological polar surface area (TPSA) is 70.5 Å². The molecule has 1 aromatic carbocycles. The molecule has 2 aromatic rings. The second-order valence-electron chi connectivity index (χ2n) is 7.08. The average molecular weight is 367 g/mol. The van der Waals surface area contributed by atoms with Gasteiger partial charge in [0.15, 0.2) is 0 Å². The van der Waals surface area contributed by atoms with Crippen molar-refractivity contribution in [3.8, 4) is 0 Å². The number of nitrogens with zero attached hydrogens (tertiary/aromatic N) is 4. The van der Waals surface area contributed by atoms with E-state index in [0.717, 1.165) is 32.5 Å². The van der Waals surface area contributed by atoms with E-state index in [1.807, 2.05) is 27.7 Å². The Balaban J connectivity index is 1.47. The summed E-state index contributed by atoms with van der Waals surface area (Å²) in [7, 11) is 1.64. The van der Waals surface area contributed by atoms with Gasteiger partial charge in [0.25, 0.3) is 5.91 Å². The summed E-state index contributed by atoms with van der Waals surface area (Å²) in [5.41, 5.74) is 1.80. The van der Waals surface area contributed by atoms with E-state index in [4.69, 9.17) is 0 Å². The second-order valence-corrected chi connectivity index (χ2v) is 7.08. The third-order valence-corrected chi connectivity index (χ3v) is 5.54. The number of hydrogen-bond donors (Lipinski definition) is 1. The molecule has 3 heterocycles. The van der Waals surface area contributed by atoms with E-state index < -0.39 is 0 Å². The maximum absolute atomic E-state index is 13.1. The lowest BCUT2D eigenvalue weighted by molar-refractivity contribution is -0.122. The van der Waals surface area contributed by atoms with Crippen LogP contribution in [-0.2, 0) is 11.3 Å². The molecule has 1 unspecified atom stereocenters. The predicted molar refractivity (Wildman–Crippen MR) is 103 cm³/mol. The Morgan fingerprint density at radius 3 is 2.52 bits per heavy atom. The number of benzene rings is 1. The van der Waals surface area contributed by atoms with Gasteiger partial charge in [0, 0.05) is 45.5 Å². The molecular formula is C20H25N5O2. The summed E-state index contributed by atoms with van der Waals surface area (Å²) in [5.74, 6) is 0.433. The highest BCUT2D eigenvalue weighted by molar-refractivity contribution is 5.93. The Morgan fingerprint density at radius 2 is 1.81 bits per heavy atom. The number of anilines is 1. The van der Waals surface area contributed by atoms with E-state index in [-0.39, 0.29) is 17.7 Å². The molecule has 0 saturated carbocycles. The molecule has 4 rings (SSSR count). The Bertz CT molecular complexity index is 824. The van der Waals surface area contributed by atoms with Crippen LogP contribution >= 0.6 is 0 Å². The lowest BCUT2D eigenvalue weighted by atomic mass is 9.98. The SMILES string of the molecule is CNC(=O)C1CCCn2c(C(=O)N3CCN(c4ccccc4)CC3)cnc21. The van der Waals surface area contributed by atoms with E-state index >= 15 is 0 Å². The molecule has 7 heteroatoms. The van der Waals surface area contributed by atoms with Gasteiger partial charge in [0.05, 0.1) is 12.1 Å². The molecule has 2 amide bonds. The van der Waals surface area contributed by atoms with E-state index in [2.05, 4.69) is 27.3 Å². The number of carbonyl (C=O) groups excluding carboxylic acids is 2. The Labute approximate surface area is 159 Å². The number of imidazole rings is 1. The van der Waals surface area contributed by atoms with Crippen LogP contribution in [0.3, 0.4) is 0 Å². The third-order valence-electron chi connectivity index (χ3n) is 5.54. The Kier molecular flexibility index (Phi) is 4.83. The maximum atomic E-state index is 13.1. The van der Waals surface area contributed by atoms with E-state index in [1.165, 1.54) is 5.69 Å². The summed E-state index contributed by atoms with van der Waals surface area (Å²) in [6.07, 6.45) is 3.30. The molecule has 1 fully saturated rings. The molecule has 0 aliphatic carbocycles. The van der Waals surface area contributed by atoms with Crippen molar-refractivity contribution in [2.75, 3.05) is 38.1 Å². The van der Waals surface area contributed by atoms with Crippen molar-refractivity contribution in [1.29, 1.82) is 0 Å². The number of para-hydroxylation sites is 1. The monoisotopic (exact) mass is 367 g/mol. The van der Waals surface area contributed by atoms with Crippen molar-refractivity contribution in [2.45, 2.75) is 25.3 Å². The number of rotatable bonds is 3. The molecule has 0 spiro atoms. The highest BCUT2D eigenvalue weighted by atomic mass is 16.2. The highest BCUT2D eigenvalue weighted by Crippen LogP contribution is 2.28. The fraction of sp³-hybridized carbons (Fsp3) is 0.450. The van der Waals surface area contributed by atoms with Crippen LogP contribution in [-0.4, -0.2) is 59.5 Å². The number of likely N-dealkylation sites (N-methyl/N-ethyl adjacent to an activating group) is 1. The van der Waals surface area contributed by atoms with E-state index in [0.29, 0.717) is 24.6 Å². The standard InChI is InChI=1S/C20H25N5O2/c1-21-19(26)16-8-5-9-25-17(14-22-18(16)25)20(27)24-12-10-23(11-13-24)15-6-3-2-4-7-15/h2-4,6-7,14,16H,5,8-13H2,1H3,(H,21,26). The summed E-state index contributed by atoms with van der Waals surface area (Å²) >= 11 is 0. The fourth-order valence-electron chi connectivity index (χ4n) is 4.05. The summed E-state index contributed by atoms with van der Waals surface area (Å²) in [6.45, 7) is 3.75. The smallest absolute Gasteiger partial charge is 0.272 e. The summed E-state index contributed by atoms with van der Waals surface area (Å²) < 4.78 is 1.94. The van der Waals surface area contributed by atoms with Crippen LogP contribution in [0.5, 0.6) is 0 Å². The number of nitrogens with one attached hydrogen (secondary N) is 1. The van der Waals surface area contributed by atoms with Crippen LogP contribution in [0.25, 0.3) is 0 Å². The van der Waals surface area contributed by atoms with Crippen molar-refractivity contribution in [3.05, 3.63) is 48.0 Å². The zero-order valence-corrected chi connectivity index (χ0v) is 15.6. The molecule has 2 aliphatic heterocycles. The summed E-state index contributed by atoms with van der Waals surface area (Å²) in [6, 6.07) is 10.3. The Morgan fingerprint density at radius 1 is 1.07 bits per heavy atom. The number of aromatic nitrogens is 2. The predicted octanol–water partition coefficient (Wildman–Crippen LogP) is 1.47. The van der Waals surface area contributed by atoms with Crippen molar-refractivity contribution in [1.82, 2.24) is 19.8 Å². The number of carbonyl (C=O) groups is 2. The van der Waals surface area contributed by atoms with Gasteiger partial charge in [-0.25, -0.2) is 4.98 Å². The molecule has 1 atom stereocenters. The fourth-order valence-corrected chi connectivity index (χ4v) is 4.05. The second kappa shape index (κ2) is 7.42. The lowest BCUT2D eigenvalue weighted by Gasteiger charge is -2.36. The molecule has 1 N–H and O–H groups in total. The van der Waals surface area contributed by atoms with Crippen LogP contribution in [0, 0.1) is 0 Å². The molecule has 2 aliphatic rings. The number of hydrogen-bond acceptors (Lipinski definition) is 4. The van der Waals surface area contributed by atoms with Gasteiger partial charge in [-0.15, -0.1) is 0 Å². The van der Waals surface area contributed by atoms with Crippen LogP contribution in [0.4, 0.5) is 5.69 Å². The number of amides is 2. The normalized spacial score (nSPS) is 19.5. The van der Waals surface area contributed by atoms with Crippen molar-refractivity contribution < 1.29 is 9.59 Å². The highest BCUT2D eigenvalue weighted by Gasteiger charge is 2.32. The molecular weight excluding hydrogens is 342 g/mol. The molecule has 7 nitrogen and oxygen atoms in total. The minimum absolute atomic E-state index is 0.0130. The largest absolute Gasteiger partial charge is 0.368 e. The van der Waals surface area contributed by atoms with E-state index in [1.54, 1.807) is 13.2 Å². The van der Waals surface area contributed by atoms with E-state index in [9.17, 15) is 9.59 Å². The number of piperazine rings is 1. The van der Waals surface area contributed by atoms with Crippen LogP contribution < -0.4 is 10.2 Å². The maximum Gasteiger partial charge on any atom is 0.272 e. The number of fused-ring (bicyclic) bond motifs is 1. The molecule has 27 heavy (non-hydrogen) atoms. The molecule has 0 radical (unpaired) electrons. The first-order valence-electron chi connectivity index (χ1n) is 9.55. The third kappa shape index (κ3) is 3.29. The summed E-state index contributed by atoms with van der Waals surface area (Å²) in [5, 5.41) is 2.70. The van der Waals surface area contributed by atoms with Gasteiger partial charge in [0.1, 0.15) is 11.5 Å². The van der Waals surface area contributed by atoms with Crippen molar-refractivity contribution >= 4 is 17.5 Å². The van der Waals surface area contributed by atoms with Gasteiger partial charge < -0.3 is 19.7 Å². The first-order valence-corrected chi connectivity index (χ1v) is 9.55. The first kappa shape index (κ1) is 17.6. The van der Waals surface area contributed by atoms with Gasteiger partial charge in [-0.2, -0.15) is 0 Å². The van der Waals surface area contributed by atoms with Crippen LogP contribution in [0.15, 0.2) is 36.5 Å². The lowest BCUT2D eigenvalue weighted by Crippen LogP contribution is -2.49. The minimum Gasteiger partial charge on any atom is -0.368 e. The van der Waals surface area contributed by atoms with Crippen LogP contribution in [0.2, 0.25) is 0 Å². The van der Waals surface area contributed by atoms with Gasteiger partial charge >= 0.3 is 0 Å². The molecule has 1 saturated heterocycles. The Hall–Kier alpha value is -2.83. The van der Waals surface area contributed by atoms with Crippen molar-refractivity contribution in [2.24, 2.45) is 0 Å². The van der Waals surface area contributed by atoms with Gasteiger partial charge in [-0.05, 0) is 25.0 Å². The average Bonchev–Trinajstić information content (AvgIpc) is 3.17. The minimum atomic E-state index is -0.264. The van der Waals surface area contributed by atoms with Gasteiger partial charge in [-0.3, -0.25) is 9.59 Å². The van der Waals surface area contributed by atoms with Crippen molar-refractivity contribution in [3.63, 3.8) is 0 Å². The van der Waals surface area contributed by atoms with Crippen LogP contribution in [0.1, 0.15) is 35.1 Å². The van der Waals surface area contributed by atoms with Gasteiger partial charge in [-0.1, -0.05) is 18.2 Å². The first-order chi connectivity index (χ1) is 13.2. The molecule has 0 bridgehead atoms. The zero-order valence-electron chi connectivity index (χ0n) is 15.6. The quantitative estimate of drug-likeness (QED) is 0.892. The summed E-state index contributed by atoms with van der Waals surface area (Å²) in [4.78, 5) is 33.8. The van der Waals surface area contributed by atoms with Gasteiger partial charge in [0.2, 0.25) is 5.91 Å².